The average molecular weight is 554 g/mol. The topological polar surface area (TPSA) is 0 Å². The van der Waals surface area contributed by atoms with Gasteiger partial charge in [0.15, 0.2) is 0 Å². The van der Waals surface area contributed by atoms with Gasteiger partial charge in [0.1, 0.15) is 0 Å². The Labute approximate surface area is 230 Å². The van der Waals surface area contributed by atoms with Crippen molar-refractivity contribution >= 4 is 28.4 Å². The second-order valence-electron chi connectivity index (χ2n) is 9.12. The summed E-state index contributed by atoms with van der Waals surface area (Å²) in [4.78, 5) is 0. The molecule has 0 spiro atoms. The van der Waals surface area contributed by atoms with Gasteiger partial charge in [0.2, 0.25) is 0 Å². The van der Waals surface area contributed by atoms with E-state index in [4.69, 9.17) is 0 Å². The van der Waals surface area contributed by atoms with Gasteiger partial charge in [-0.3, -0.25) is 0 Å². The van der Waals surface area contributed by atoms with Crippen molar-refractivity contribution < 1.29 is 23.3 Å². The fourth-order valence-corrected chi connectivity index (χ4v) is 4.48. The first-order valence-electron chi connectivity index (χ1n) is 11.5. The van der Waals surface area contributed by atoms with Crippen LogP contribution in [-0.4, -0.2) is 6.88 Å². The molecule has 0 saturated carbocycles. The van der Waals surface area contributed by atoms with Crippen LogP contribution in [-0.2, 0) is 23.3 Å². The molecule has 182 valence electrons. The fraction of sp³-hybridized carbons (Fsp3) is 0.212. The monoisotopic (exact) mass is 552 g/mol. The number of benzene rings is 3. The van der Waals surface area contributed by atoms with E-state index in [1.807, 2.05) is 0 Å². The zero-order valence-corrected chi connectivity index (χ0v) is 26.0. The van der Waals surface area contributed by atoms with Gasteiger partial charge in [-0.05, 0) is 25.3 Å². The number of hydrogen-bond acceptors (Lipinski definition) is 0. The summed E-state index contributed by atoms with van der Waals surface area (Å²) in [6.07, 6.45) is 0. The summed E-state index contributed by atoms with van der Waals surface area (Å²) in [5.41, 5.74) is 9.63. The molecule has 0 amide bonds. The van der Waals surface area contributed by atoms with E-state index < -0.39 is 0 Å². The number of fused-ring (bicyclic) bond motifs is 2. The van der Waals surface area contributed by atoms with E-state index in [9.17, 15) is 0 Å². The molecule has 0 heterocycles. The minimum absolute atomic E-state index is 0. The van der Waals surface area contributed by atoms with Crippen LogP contribution in [0.4, 0.5) is 0 Å². The van der Waals surface area contributed by atoms with Crippen LogP contribution in [0.2, 0.25) is 0 Å². The second kappa shape index (κ2) is 13.9. The van der Waals surface area contributed by atoms with Crippen molar-refractivity contribution in [2.75, 3.05) is 0 Å². The molecule has 0 aromatic heterocycles. The van der Waals surface area contributed by atoms with Gasteiger partial charge in [-0.1, -0.05) is 80.8 Å². The van der Waals surface area contributed by atoms with E-state index >= 15 is 0 Å². The van der Waals surface area contributed by atoms with Gasteiger partial charge in [0, 0.05) is 0 Å². The van der Waals surface area contributed by atoms with Crippen molar-refractivity contribution in [2.45, 2.75) is 47.5 Å². The molecule has 0 atom stereocenters. The van der Waals surface area contributed by atoms with Crippen molar-refractivity contribution in [1.29, 1.82) is 0 Å². The molecule has 0 aliphatic heterocycles. The Kier molecular flexibility index (Phi) is 12.3. The van der Waals surface area contributed by atoms with Crippen LogP contribution < -0.4 is 0 Å². The van der Waals surface area contributed by atoms with Crippen LogP contribution in [0.3, 0.4) is 0 Å². The molecular formula is C33H38SiZr-4. The van der Waals surface area contributed by atoms with Gasteiger partial charge in [0.25, 0.3) is 0 Å². The third-order valence-corrected chi connectivity index (χ3v) is 6.39. The normalized spacial score (nSPS) is 10.0. The standard InChI is InChI=1S/C18H17.C13H15.2CH3.Si.Zr/c1-12-9-16-11-13(2)14(3)18(17(16)10-12)15-7-5-4-6-8-15;1-9(2)12-7-11-6-4-5-10(3)13(11)8-12;;;;/h4-11H,1-3H3;4-9H,1-3H3;2*1H3;;/q4*-1;;. The van der Waals surface area contributed by atoms with Gasteiger partial charge in [-0.2, -0.15) is 12.1 Å². The molecule has 5 aromatic carbocycles. The molecule has 0 unspecified atom stereocenters. The molecule has 0 nitrogen and oxygen atoms in total. The molecular weight excluding hydrogens is 516 g/mol. The second-order valence-corrected chi connectivity index (χ2v) is 9.12. The molecule has 0 bridgehead atoms. The molecule has 0 aliphatic rings. The van der Waals surface area contributed by atoms with E-state index in [2.05, 4.69) is 127 Å². The fourth-order valence-electron chi connectivity index (χ4n) is 4.48. The first kappa shape index (κ1) is 31.0. The molecule has 0 saturated heterocycles. The van der Waals surface area contributed by atoms with Gasteiger partial charge >= 0.3 is 30.2 Å². The molecule has 0 N–H and O–H groups in total. The maximum atomic E-state index is 3.06. The summed E-state index contributed by atoms with van der Waals surface area (Å²) in [5, 5.41) is 5.52. The molecule has 5 aromatic rings. The summed E-state index contributed by atoms with van der Waals surface area (Å²) in [7, 11) is 0. The van der Waals surface area contributed by atoms with Crippen molar-refractivity contribution in [3.05, 3.63) is 122 Å². The Bertz CT molecular complexity index is 1350. The van der Waals surface area contributed by atoms with E-state index in [0.29, 0.717) is 5.92 Å². The Morgan fingerprint density at radius 3 is 2.00 bits per heavy atom. The molecule has 35 heavy (non-hydrogen) atoms. The van der Waals surface area contributed by atoms with E-state index in [-0.39, 0.29) is 14.9 Å². The van der Waals surface area contributed by atoms with E-state index in [1.54, 1.807) is 0 Å². The Balaban J connectivity index is 0.000000323. The number of hydrogen-bond donors (Lipinski definition) is 0. The predicted molar refractivity (Wildman–Crippen MR) is 156 cm³/mol. The zero-order valence-electron chi connectivity index (χ0n) is 22.6. The SMILES string of the molecule is Cc1cc2c(-c3ccccc3)c(C)c(C)cc2[cH-]1.Cc1cccc2cc(C(C)C)[cH-]c12.[CH3-].[CH3-].[Si]=[Zr]. The van der Waals surface area contributed by atoms with Gasteiger partial charge in [-0.25, -0.2) is 0 Å². The van der Waals surface area contributed by atoms with Crippen molar-refractivity contribution in [1.82, 2.24) is 0 Å². The van der Waals surface area contributed by atoms with E-state index in [1.165, 1.54) is 83.8 Å². The predicted octanol–water partition coefficient (Wildman–Crippen LogP) is 9.66. The Morgan fingerprint density at radius 1 is 0.743 bits per heavy atom. The summed E-state index contributed by atoms with van der Waals surface area (Å²) in [5.74, 6) is 0.631. The third kappa shape index (κ3) is 7.02. The zero-order chi connectivity index (χ0) is 24.1. The van der Waals surface area contributed by atoms with Crippen LogP contribution in [0.1, 0.15) is 47.6 Å². The van der Waals surface area contributed by atoms with Crippen molar-refractivity contribution in [3.8, 4) is 11.1 Å². The van der Waals surface area contributed by atoms with Crippen LogP contribution in [0.15, 0.2) is 78.9 Å². The average Bonchev–Trinajstić information content (AvgIpc) is 3.41. The summed E-state index contributed by atoms with van der Waals surface area (Å²) >= 11 is 1.36. The summed E-state index contributed by atoms with van der Waals surface area (Å²) in [6.45, 7) is 16.3. The van der Waals surface area contributed by atoms with Gasteiger partial charge in [-0.15, -0.1) is 68.6 Å². The van der Waals surface area contributed by atoms with Crippen molar-refractivity contribution in [3.63, 3.8) is 0 Å². The Hall–Kier alpha value is -2.02. The van der Waals surface area contributed by atoms with Crippen LogP contribution in [0.25, 0.3) is 32.7 Å². The first-order chi connectivity index (χ1) is 15.8. The summed E-state index contributed by atoms with van der Waals surface area (Å²) in [6, 6.07) is 28.7. The molecule has 5 rings (SSSR count). The third-order valence-electron chi connectivity index (χ3n) is 6.39. The van der Waals surface area contributed by atoms with Crippen LogP contribution >= 0.6 is 0 Å². The first-order valence-corrected chi connectivity index (χ1v) is 15.7. The summed E-state index contributed by atoms with van der Waals surface area (Å²) < 4.78 is 0. The Morgan fingerprint density at radius 2 is 1.40 bits per heavy atom. The minimum atomic E-state index is 0. The molecule has 0 fully saturated rings. The van der Waals surface area contributed by atoms with Gasteiger partial charge < -0.3 is 14.9 Å². The van der Waals surface area contributed by atoms with E-state index in [0.717, 1.165) is 0 Å². The quantitative estimate of drug-likeness (QED) is 0.151. The number of rotatable bonds is 2. The van der Waals surface area contributed by atoms with Crippen LogP contribution in [0, 0.1) is 42.5 Å². The van der Waals surface area contributed by atoms with Crippen LogP contribution in [0.5, 0.6) is 0 Å². The molecule has 2 heteroatoms. The maximum absolute atomic E-state index is 3.06. The molecule has 0 aliphatic carbocycles. The van der Waals surface area contributed by atoms with Crippen molar-refractivity contribution in [2.24, 2.45) is 0 Å². The molecule has 2 radical (unpaired) electrons. The number of aryl methyl sites for hydroxylation is 3. The van der Waals surface area contributed by atoms with Gasteiger partial charge in [0.05, 0.1) is 0 Å².